The largest absolute Gasteiger partial charge is 0.376 e. The number of benzene rings is 1. The first-order chi connectivity index (χ1) is 12.9. The van der Waals surface area contributed by atoms with Gasteiger partial charge in [-0.25, -0.2) is 0 Å². The highest BCUT2D eigenvalue weighted by molar-refractivity contribution is 5.30. The highest BCUT2D eigenvalue weighted by atomic mass is 16.5. The van der Waals surface area contributed by atoms with Crippen molar-refractivity contribution in [1.82, 2.24) is 14.7 Å². The van der Waals surface area contributed by atoms with Gasteiger partial charge in [-0.3, -0.25) is 9.58 Å². The highest BCUT2D eigenvalue weighted by Crippen LogP contribution is 2.35. The van der Waals surface area contributed by atoms with Gasteiger partial charge in [-0.05, 0) is 51.3 Å². The average molecular weight is 354 g/mol. The Balaban J connectivity index is 1.48. The van der Waals surface area contributed by atoms with E-state index in [-0.39, 0.29) is 0 Å². The van der Waals surface area contributed by atoms with Gasteiger partial charge in [0.15, 0.2) is 0 Å². The third-order valence-electron chi connectivity index (χ3n) is 5.91. The van der Waals surface area contributed by atoms with E-state index in [9.17, 15) is 0 Å². The van der Waals surface area contributed by atoms with Gasteiger partial charge in [0.05, 0.1) is 24.9 Å². The molecule has 1 aromatic carbocycles. The number of nitrogens with zero attached hydrogens (tertiary/aromatic N) is 3. The molecule has 3 heterocycles. The standard InChI is InChI=1S/C22H31N3O/c1-2-25-20-13-16-26-17-19(20)22(23-25)21-12-6-7-14-24(21)15-8-11-18-9-4-3-5-10-18/h3-5,9-10,21H,2,6-8,11-17H2,1H3. The van der Waals surface area contributed by atoms with Crippen LogP contribution in [0, 0.1) is 0 Å². The van der Waals surface area contributed by atoms with Crippen molar-refractivity contribution in [3.05, 3.63) is 52.8 Å². The molecule has 26 heavy (non-hydrogen) atoms. The minimum atomic E-state index is 0.475. The van der Waals surface area contributed by atoms with E-state index >= 15 is 0 Å². The van der Waals surface area contributed by atoms with Gasteiger partial charge in [0.25, 0.3) is 0 Å². The van der Waals surface area contributed by atoms with Crippen LogP contribution in [0.1, 0.15) is 61.2 Å². The molecule has 2 aliphatic heterocycles. The molecule has 0 amide bonds. The van der Waals surface area contributed by atoms with Gasteiger partial charge in [0, 0.05) is 24.2 Å². The summed E-state index contributed by atoms with van der Waals surface area (Å²) in [6.07, 6.45) is 7.25. The summed E-state index contributed by atoms with van der Waals surface area (Å²) in [6, 6.07) is 11.3. The van der Waals surface area contributed by atoms with Crippen molar-refractivity contribution in [2.75, 3.05) is 19.7 Å². The normalized spacial score (nSPS) is 20.9. The second kappa shape index (κ2) is 8.36. The smallest absolute Gasteiger partial charge is 0.0854 e. The number of hydrogen-bond donors (Lipinski definition) is 0. The third kappa shape index (κ3) is 3.72. The number of fused-ring (bicyclic) bond motifs is 1. The van der Waals surface area contributed by atoms with Gasteiger partial charge in [0.1, 0.15) is 0 Å². The van der Waals surface area contributed by atoms with Crippen LogP contribution >= 0.6 is 0 Å². The monoisotopic (exact) mass is 353 g/mol. The SMILES string of the molecule is CCn1nc(C2CCCCN2CCCc2ccccc2)c2c1CCOC2. The van der Waals surface area contributed by atoms with Crippen molar-refractivity contribution < 1.29 is 4.74 Å². The summed E-state index contributed by atoms with van der Waals surface area (Å²) in [6.45, 7) is 7.11. The van der Waals surface area contributed by atoms with Gasteiger partial charge in [-0.15, -0.1) is 0 Å². The molecule has 4 rings (SSSR count). The molecular formula is C22H31N3O. The molecule has 0 N–H and O–H groups in total. The van der Waals surface area contributed by atoms with Crippen molar-refractivity contribution in [1.29, 1.82) is 0 Å². The fraction of sp³-hybridized carbons (Fsp3) is 0.591. The Kier molecular flexibility index (Phi) is 5.71. The second-order valence-electron chi connectivity index (χ2n) is 7.57. The van der Waals surface area contributed by atoms with E-state index < -0.39 is 0 Å². The minimum absolute atomic E-state index is 0.475. The Hall–Kier alpha value is -1.65. The summed E-state index contributed by atoms with van der Waals surface area (Å²) in [7, 11) is 0. The number of likely N-dealkylation sites (tertiary alicyclic amines) is 1. The molecule has 140 valence electrons. The summed E-state index contributed by atoms with van der Waals surface area (Å²) in [4.78, 5) is 2.68. The number of aromatic nitrogens is 2. The van der Waals surface area contributed by atoms with Crippen molar-refractivity contribution in [3.8, 4) is 0 Å². The van der Waals surface area contributed by atoms with Crippen LogP contribution in [-0.4, -0.2) is 34.4 Å². The first-order valence-corrected chi connectivity index (χ1v) is 10.3. The molecule has 2 aromatic rings. The van der Waals surface area contributed by atoms with E-state index in [1.807, 2.05) is 0 Å². The lowest BCUT2D eigenvalue weighted by Crippen LogP contribution is -2.35. The molecular weight excluding hydrogens is 322 g/mol. The molecule has 1 unspecified atom stereocenters. The number of aryl methyl sites for hydroxylation is 2. The fourth-order valence-electron chi connectivity index (χ4n) is 4.56. The molecule has 4 heteroatoms. The Bertz CT molecular complexity index is 710. The van der Waals surface area contributed by atoms with Crippen LogP contribution < -0.4 is 0 Å². The topological polar surface area (TPSA) is 30.3 Å². The number of rotatable bonds is 6. The fourth-order valence-corrected chi connectivity index (χ4v) is 4.56. The Morgan fingerprint density at radius 1 is 1.19 bits per heavy atom. The van der Waals surface area contributed by atoms with E-state index in [0.717, 1.165) is 39.1 Å². The maximum absolute atomic E-state index is 5.79. The van der Waals surface area contributed by atoms with Crippen molar-refractivity contribution >= 4 is 0 Å². The molecule has 2 aliphatic rings. The van der Waals surface area contributed by atoms with Crippen LogP contribution in [0.15, 0.2) is 30.3 Å². The van der Waals surface area contributed by atoms with Crippen LogP contribution in [0.2, 0.25) is 0 Å². The van der Waals surface area contributed by atoms with E-state index in [1.54, 1.807) is 0 Å². The molecule has 4 nitrogen and oxygen atoms in total. The summed E-state index contributed by atoms with van der Waals surface area (Å²) < 4.78 is 8.01. The Morgan fingerprint density at radius 3 is 2.92 bits per heavy atom. The maximum Gasteiger partial charge on any atom is 0.0854 e. The lowest BCUT2D eigenvalue weighted by atomic mass is 9.95. The molecule has 0 aliphatic carbocycles. The molecule has 0 spiro atoms. The maximum atomic E-state index is 5.79. The predicted octanol–water partition coefficient (Wildman–Crippen LogP) is 4.14. The lowest BCUT2D eigenvalue weighted by molar-refractivity contribution is 0.103. The molecule has 0 saturated carbocycles. The first-order valence-electron chi connectivity index (χ1n) is 10.3. The van der Waals surface area contributed by atoms with Gasteiger partial charge in [0.2, 0.25) is 0 Å². The van der Waals surface area contributed by atoms with Crippen LogP contribution in [0.3, 0.4) is 0 Å². The van der Waals surface area contributed by atoms with Crippen LogP contribution in [0.4, 0.5) is 0 Å². The van der Waals surface area contributed by atoms with E-state index in [4.69, 9.17) is 9.84 Å². The molecule has 0 bridgehead atoms. The molecule has 1 aromatic heterocycles. The lowest BCUT2D eigenvalue weighted by Gasteiger charge is -2.35. The van der Waals surface area contributed by atoms with Crippen molar-refractivity contribution in [2.24, 2.45) is 0 Å². The zero-order valence-corrected chi connectivity index (χ0v) is 16.0. The minimum Gasteiger partial charge on any atom is -0.376 e. The second-order valence-corrected chi connectivity index (χ2v) is 7.57. The van der Waals surface area contributed by atoms with E-state index in [1.165, 1.54) is 54.7 Å². The van der Waals surface area contributed by atoms with Crippen LogP contribution in [-0.2, 0) is 30.7 Å². The Morgan fingerprint density at radius 2 is 2.08 bits per heavy atom. The zero-order valence-electron chi connectivity index (χ0n) is 16.0. The number of hydrogen-bond acceptors (Lipinski definition) is 3. The third-order valence-corrected chi connectivity index (χ3v) is 5.91. The molecule has 1 atom stereocenters. The molecule has 0 radical (unpaired) electrons. The number of piperidine rings is 1. The quantitative estimate of drug-likeness (QED) is 0.782. The van der Waals surface area contributed by atoms with Crippen molar-refractivity contribution in [3.63, 3.8) is 0 Å². The van der Waals surface area contributed by atoms with Crippen LogP contribution in [0.5, 0.6) is 0 Å². The van der Waals surface area contributed by atoms with E-state index in [2.05, 4.69) is 46.8 Å². The first kappa shape index (κ1) is 17.7. The molecule has 1 fully saturated rings. The summed E-state index contributed by atoms with van der Waals surface area (Å²) in [5.41, 5.74) is 5.56. The zero-order chi connectivity index (χ0) is 17.8. The summed E-state index contributed by atoms with van der Waals surface area (Å²) in [5, 5.41) is 5.05. The highest BCUT2D eigenvalue weighted by Gasteiger charge is 2.31. The van der Waals surface area contributed by atoms with Gasteiger partial charge in [-0.1, -0.05) is 36.8 Å². The number of ether oxygens (including phenoxy) is 1. The van der Waals surface area contributed by atoms with E-state index in [0.29, 0.717) is 6.04 Å². The average Bonchev–Trinajstić information content (AvgIpc) is 3.08. The van der Waals surface area contributed by atoms with Gasteiger partial charge < -0.3 is 4.74 Å². The van der Waals surface area contributed by atoms with Crippen LogP contribution in [0.25, 0.3) is 0 Å². The van der Waals surface area contributed by atoms with Crippen molar-refractivity contribution in [2.45, 2.75) is 64.6 Å². The summed E-state index contributed by atoms with van der Waals surface area (Å²) >= 11 is 0. The van der Waals surface area contributed by atoms with Gasteiger partial charge in [-0.2, -0.15) is 5.10 Å². The molecule has 1 saturated heterocycles. The van der Waals surface area contributed by atoms with Gasteiger partial charge >= 0.3 is 0 Å². The predicted molar refractivity (Wildman–Crippen MR) is 104 cm³/mol. The Labute approximate surface area is 157 Å². The summed E-state index contributed by atoms with van der Waals surface area (Å²) in [5.74, 6) is 0.